The molecule has 3 heteroatoms. The van der Waals surface area contributed by atoms with Gasteiger partial charge in [-0.1, -0.05) is 23.4 Å². The van der Waals surface area contributed by atoms with Crippen LogP contribution in [0.15, 0.2) is 12.1 Å². The normalized spacial score (nSPS) is 9.36. The number of alkyl halides is 1. The Morgan fingerprint density at radius 1 is 1.43 bits per heavy atom. The highest BCUT2D eigenvalue weighted by molar-refractivity contribution is 6.33. The maximum absolute atomic E-state index is 5.91. The van der Waals surface area contributed by atoms with E-state index >= 15 is 0 Å². The van der Waals surface area contributed by atoms with Crippen LogP contribution in [0, 0.1) is 18.8 Å². The molecule has 0 aliphatic heterocycles. The van der Waals surface area contributed by atoms with Gasteiger partial charge in [0, 0.05) is 17.9 Å². The first-order chi connectivity index (χ1) is 6.65. The van der Waals surface area contributed by atoms with Gasteiger partial charge >= 0.3 is 0 Å². The second-order valence-electron chi connectivity index (χ2n) is 2.93. The molecule has 0 fully saturated rings. The Morgan fingerprint density at radius 3 is 2.71 bits per heavy atom. The average molecular weight is 228 g/mol. The first-order valence-electron chi connectivity index (χ1n) is 4.25. The highest BCUT2D eigenvalue weighted by Crippen LogP contribution is 2.23. The molecule has 0 radical (unpaired) electrons. The van der Waals surface area contributed by atoms with E-state index in [2.05, 4.69) is 11.8 Å². The van der Waals surface area contributed by atoms with Crippen LogP contribution in [-0.4, -0.2) is 5.88 Å². The molecule has 0 aliphatic rings. The maximum Gasteiger partial charge on any atom is 0.0650 e. The van der Waals surface area contributed by atoms with Gasteiger partial charge in [-0.25, -0.2) is 0 Å². The molecule has 1 aromatic rings. The van der Waals surface area contributed by atoms with Crippen molar-refractivity contribution in [1.82, 2.24) is 0 Å². The number of halogens is 2. The third kappa shape index (κ3) is 2.83. The van der Waals surface area contributed by atoms with Crippen molar-refractivity contribution in [2.75, 3.05) is 11.6 Å². The first kappa shape index (κ1) is 11.2. The molecule has 0 bridgehead atoms. The fourth-order valence-corrected chi connectivity index (χ4v) is 1.40. The van der Waals surface area contributed by atoms with Crippen molar-refractivity contribution in [3.63, 3.8) is 0 Å². The second-order valence-corrected chi connectivity index (χ2v) is 3.71. The minimum Gasteiger partial charge on any atom is -0.397 e. The Morgan fingerprint density at radius 2 is 2.14 bits per heavy atom. The number of nitrogens with two attached hydrogens (primary N) is 1. The van der Waals surface area contributed by atoms with Crippen molar-refractivity contribution in [3.8, 4) is 11.8 Å². The lowest BCUT2D eigenvalue weighted by atomic mass is 10.1. The lowest BCUT2D eigenvalue weighted by molar-refractivity contribution is 1.29. The number of hydrogen-bond acceptors (Lipinski definition) is 1. The molecule has 0 aromatic heterocycles. The van der Waals surface area contributed by atoms with E-state index in [4.69, 9.17) is 28.9 Å². The molecular formula is C11H11Cl2N. The Bertz CT molecular complexity index is 365. The van der Waals surface area contributed by atoms with Gasteiger partial charge in [-0.2, -0.15) is 0 Å². The van der Waals surface area contributed by atoms with Gasteiger partial charge < -0.3 is 5.73 Å². The van der Waals surface area contributed by atoms with E-state index < -0.39 is 0 Å². The van der Waals surface area contributed by atoms with Crippen LogP contribution in [0.1, 0.15) is 17.5 Å². The van der Waals surface area contributed by atoms with Crippen LogP contribution >= 0.6 is 23.2 Å². The molecular weight excluding hydrogens is 217 g/mol. The van der Waals surface area contributed by atoms with Gasteiger partial charge in [0.05, 0.1) is 10.7 Å². The quantitative estimate of drug-likeness (QED) is 0.445. The van der Waals surface area contributed by atoms with E-state index in [1.54, 1.807) is 6.07 Å². The smallest absolute Gasteiger partial charge is 0.0650 e. The molecule has 0 atom stereocenters. The second kappa shape index (κ2) is 5.14. The maximum atomic E-state index is 5.91. The van der Waals surface area contributed by atoms with Crippen molar-refractivity contribution in [1.29, 1.82) is 0 Å². The Kier molecular flexibility index (Phi) is 4.13. The third-order valence-electron chi connectivity index (χ3n) is 1.79. The van der Waals surface area contributed by atoms with Gasteiger partial charge in [0.2, 0.25) is 0 Å². The minimum atomic E-state index is 0.550. The summed E-state index contributed by atoms with van der Waals surface area (Å²) < 4.78 is 0. The van der Waals surface area contributed by atoms with Crippen LogP contribution in [0.5, 0.6) is 0 Å². The van der Waals surface area contributed by atoms with Crippen molar-refractivity contribution in [2.24, 2.45) is 0 Å². The summed E-state index contributed by atoms with van der Waals surface area (Å²) in [5.41, 5.74) is 8.16. The zero-order chi connectivity index (χ0) is 10.6. The highest BCUT2D eigenvalue weighted by Gasteiger charge is 2.00. The summed E-state index contributed by atoms with van der Waals surface area (Å²) in [5.74, 6) is 6.47. The van der Waals surface area contributed by atoms with Crippen LogP contribution in [0.4, 0.5) is 5.69 Å². The number of nitrogen functional groups attached to an aromatic ring is 1. The molecule has 0 amide bonds. The Hall–Kier alpha value is -0.840. The molecule has 1 aromatic carbocycles. The molecule has 0 saturated heterocycles. The average Bonchev–Trinajstić information content (AvgIpc) is 2.14. The van der Waals surface area contributed by atoms with Crippen LogP contribution in [-0.2, 0) is 0 Å². The monoisotopic (exact) mass is 227 g/mol. The van der Waals surface area contributed by atoms with Crippen molar-refractivity contribution in [3.05, 3.63) is 28.3 Å². The van der Waals surface area contributed by atoms with E-state index in [0.717, 1.165) is 11.1 Å². The summed E-state index contributed by atoms with van der Waals surface area (Å²) in [6.07, 6.45) is 0.683. The van der Waals surface area contributed by atoms with Gasteiger partial charge in [-0.15, -0.1) is 11.6 Å². The molecule has 14 heavy (non-hydrogen) atoms. The molecule has 1 nitrogen and oxygen atoms in total. The van der Waals surface area contributed by atoms with Gasteiger partial charge in [0.25, 0.3) is 0 Å². The summed E-state index contributed by atoms with van der Waals surface area (Å²) in [6.45, 7) is 1.91. The van der Waals surface area contributed by atoms with Gasteiger partial charge in [-0.3, -0.25) is 0 Å². The van der Waals surface area contributed by atoms with E-state index in [1.807, 2.05) is 13.0 Å². The lowest BCUT2D eigenvalue weighted by Crippen LogP contribution is -1.91. The molecule has 0 aliphatic carbocycles. The summed E-state index contributed by atoms with van der Waals surface area (Å²) in [5, 5.41) is 0.556. The predicted octanol–water partition coefficient (Wildman–Crippen LogP) is 3.21. The molecule has 0 spiro atoms. The molecule has 1 rings (SSSR count). The summed E-state index contributed by atoms with van der Waals surface area (Å²) in [7, 11) is 0. The van der Waals surface area contributed by atoms with E-state index in [1.165, 1.54) is 0 Å². The molecule has 0 unspecified atom stereocenters. The summed E-state index contributed by atoms with van der Waals surface area (Å²) in [4.78, 5) is 0. The topological polar surface area (TPSA) is 26.0 Å². The van der Waals surface area contributed by atoms with Gasteiger partial charge in [0.15, 0.2) is 0 Å². The number of rotatable bonds is 1. The Labute approximate surface area is 94.2 Å². The number of hydrogen-bond donors (Lipinski definition) is 1. The largest absolute Gasteiger partial charge is 0.397 e. The lowest BCUT2D eigenvalue weighted by Gasteiger charge is -2.02. The van der Waals surface area contributed by atoms with Crippen LogP contribution in [0.25, 0.3) is 0 Å². The molecule has 2 N–H and O–H groups in total. The van der Waals surface area contributed by atoms with Crippen molar-refractivity contribution >= 4 is 28.9 Å². The highest BCUT2D eigenvalue weighted by atomic mass is 35.5. The van der Waals surface area contributed by atoms with Crippen molar-refractivity contribution in [2.45, 2.75) is 13.3 Å². The fourth-order valence-electron chi connectivity index (χ4n) is 1.04. The van der Waals surface area contributed by atoms with E-state index in [0.29, 0.717) is 23.0 Å². The molecule has 74 valence electrons. The zero-order valence-corrected chi connectivity index (χ0v) is 9.41. The van der Waals surface area contributed by atoms with Crippen LogP contribution in [0.3, 0.4) is 0 Å². The predicted molar refractivity (Wildman–Crippen MR) is 62.8 cm³/mol. The van der Waals surface area contributed by atoms with Gasteiger partial charge in [-0.05, 0) is 24.6 Å². The van der Waals surface area contributed by atoms with Crippen LogP contribution < -0.4 is 5.73 Å². The molecule has 0 heterocycles. The fraction of sp³-hybridized carbons (Fsp3) is 0.273. The zero-order valence-electron chi connectivity index (χ0n) is 7.90. The SMILES string of the molecule is Cc1cc(C#CCCCl)cc(Cl)c1N. The third-order valence-corrected chi connectivity index (χ3v) is 2.29. The van der Waals surface area contributed by atoms with E-state index in [-0.39, 0.29) is 0 Å². The standard InChI is InChI=1S/C11H11Cl2N/c1-8-6-9(4-2-3-5-12)7-10(13)11(8)14/h6-7H,3,5,14H2,1H3. The molecule has 0 saturated carbocycles. The van der Waals surface area contributed by atoms with Crippen LogP contribution in [0.2, 0.25) is 5.02 Å². The minimum absolute atomic E-state index is 0.550. The summed E-state index contributed by atoms with van der Waals surface area (Å²) >= 11 is 11.4. The number of aryl methyl sites for hydroxylation is 1. The first-order valence-corrected chi connectivity index (χ1v) is 5.17. The number of benzene rings is 1. The summed E-state index contributed by atoms with van der Waals surface area (Å²) in [6, 6.07) is 3.69. The van der Waals surface area contributed by atoms with Gasteiger partial charge in [0.1, 0.15) is 0 Å². The van der Waals surface area contributed by atoms with Crippen molar-refractivity contribution < 1.29 is 0 Å². The Balaban J connectivity index is 2.97. The number of anilines is 1. The van der Waals surface area contributed by atoms with E-state index in [9.17, 15) is 0 Å².